The summed E-state index contributed by atoms with van der Waals surface area (Å²) in [5.74, 6) is -0.765. The van der Waals surface area contributed by atoms with Crippen molar-refractivity contribution in [2.45, 2.75) is 25.2 Å². The fourth-order valence-electron chi connectivity index (χ4n) is 2.96. The zero-order valence-corrected chi connectivity index (χ0v) is 17.7. The van der Waals surface area contributed by atoms with Gasteiger partial charge in [0.25, 0.3) is 0 Å². The second-order valence-corrected chi connectivity index (χ2v) is 7.08. The van der Waals surface area contributed by atoms with Crippen molar-refractivity contribution >= 4 is 23.3 Å². The van der Waals surface area contributed by atoms with Gasteiger partial charge in [0.2, 0.25) is 0 Å². The molecule has 7 heteroatoms. The van der Waals surface area contributed by atoms with Crippen LogP contribution in [0.4, 0.5) is 14.5 Å². The van der Waals surface area contributed by atoms with Crippen LogP contribution in [0.1, 0.15) is 25.8 Å². The molecule has 0 spiro atoms. The molecule has 0 fully saturated rings. The summed E-state index contributed by atoms with van der Waals surface area (Å²) < 4.78 is 31.8. The monoisotopic (exact) mass is 426 g/mol. The largest absolute Gasteiger partial charge is 0.387 e. The normalized spacial score (nSPS) is 14.9. The fraction of sp³-hybridized carbons (Fsp3) is 0.174. The summed E-state index contributed by atoms with van der Waals surface area (Å²) in [6, 6.07) is 11.4. The van der Waals surface area contributed by atoms with Crippen molar-refractivity contribution in [3.05, 3.63) is 95.4 Å². The fourth-order valence-corrected chi connectivity index (χ4v) is 3.65. The van der Waals surface area contributed by atoms with E-state index in [1.165, 1.54) is 6.07 Å². The van der Waals surface area contributed by atoms with E-state index in [0.717, 1.165) is 29.6 Å². The average molecular weight is 427 g/mol. The number of nitrogens with one attached hydrogen (secondary N) is 3. The minimum absolute atomic E-state index is 0.283. The summed E-state index contributed by atoms with van der Waals surface area (Å²) in [4.78, 5) is 0.402. The Morgan fingerprint density at radius 1 is 1.07 bits per heavy atom. The first kappa shape index (κ1) is 21.6. The number of halogens is 2. The Balaban J connectivity index is 0.00000124. The molecule has 4 nitrogen and oxygen atoms in total. The van der Waals surface area contributed by atoms with E-state index in [9.17, 15) is 4.39 Å². The number of hydrogen-bond donors (Lipinski definition) is 3. The molecular formula is C23H24F2N4S. The summed E-state index contributed by atoms with van der Waals surface area (Å²) in [6.45, 7) is 4.76. The number of benzene rings is 2. The standard InChI is InChI=1S/C21H18F2N4S.C2H6/c22-17-5-1-2-7-20(17)28-27-18-6-3-4-16(21(18)23)19-12-15(13-25-26-19)14-8-10-24-11-9-14;1-2/h1-10,13,24-25,27H,11-12H2;1-2H3. The van der Waals surface area contributed by atoms with Crippen molar-refractivity contribution in [2.24, 2.45) is 5.10 Å². The molecule has 0 atom stereocenters. The van der Waals surface area contributed by atoms with Crippen LogP contribution in [-0.4, -0.2) is 12.3 Å². The van der Waals surface area contributed by atoms with E-state index in [2.05, 4.69) is 26.6 Å². The van der Waals surface area contributed by atoms with E-state index < -0.39 is 5.82 Å². The van der Waals surface area contributed by atoms with Gasteiger partial charge < -0.3 is 10.0 Å². The van der Waals surface area contributed by atoms with Gasteiger partial charge in [-0.15, -0.1) is 0 Å². The van der Waals surface area contributed by atoms with Crippen LogP contribution in [0.15, 0.2) is 88.2 Å². The third kappa shape index (κ3) is 5.10. The molecule has 2 aliphatic rings. The highest BCUT2D eigenvalue weighted by Gasteiger charge is 2.19. The predicted molar refractivity (Wildman–Crippen MR) is 121 cm³/mol. The smallest absolute Gasteiger partial charge is 0.156 e. The summed E-state index contributed by atoms with van der Waals surface area (Å²) in [6.07, 6.45) is 8.31. The molecule has 0 amide bonds. The lowest BCUT2D eigenvalue weighted by Gasteiger charge is -2.19. The molecular weight excluding hydrogens is 402 g/mol. The number of hydrogen-bond acceptors (Lipinski definition) is 5. The number of anilines is 1. The molecule has 0 radical (unpaired) electrons. The minimum Gasteiger partial charge on any atom is -0.387 e. The average Bonchev–Trinajstić information content (AvgIpc) is 2.81. The molecule has 4 rings (SSSR count). The molecule has 2 heterocycles. The predicted octanol–water partition coefficient (Wildman–Crippen LogP) is 5.73. The topological polar surface area (TPSA) is 48.5 Å². The molecule has 2 aliphatic heterocycles. The van der Waals surface area contributed by atoms with E-state index in [-0.39, 0.29) is 11.5 Å². The summed E-state index contributed by atoms with van der Waals surface area (Å²) in [5.41, 5.74) is 6.32. The van der Waals surface area contributed by atoms with E-state index in [0.29, 0.717) is 22.6 Å². The Bertz CT molecular complexity index is 1010. The van der Waals surface area contributed by atoms with Crippen molar-refractivity contribution < 1.29 is 8.78 Å². The number of hydrazone groups is 1. The van der Waals surface area contributed by atoms with Gasteiger partial charge in [-0.3, -0.25) is 5.43 Å². The summed E-state index contributed by atoms with van der Waals surface area (Å²) >= 11 is 1.04. The minimum atomic E-state index is -0.414. The second-order valence-electron chi connectivity index (χ2n) is 6.24. The third-order valence-corrected chi connectivity index (χ3v) is 5.28. The third-order valence-electron chi connectivity index (χ3n) is 4.40. The molecule has 0 aliphatic carbocycles. The molecule has 2 aromatic rings. The zero-order valence-electron chi connectivity index (χ0n) is 16.9. The van der Waals surface area contributed by atoms with Crippen molar-refractivity contribution in [3.8, 4) is 0 Å². The second kappa shape index (κ2) is 10.6. The number of allylic oxidation sites excluding steroid dienone is 3. The van der Waals surface area contributed by atoms with Gasteiger partial charge in [-0.25, -0.2) is 8.78 Å². The Hall–Kier alpha value is -3.06. The first-order valence-corrected chi connectivity index (χ1v) is 10.6. The van der Waals surface area contributed by atoms with Gasteiger partial charge >= 0.3 is 0 Å². The van der Waals surface area contributed by atoms with Gasteiger partial charge in [0, 0.05) is 24.7 Å². The maximum atomic E-state index is 15.1. The van der Waals surface area contributed by atoms with Gasteiger partial charge in [0.15, 0.2) is 5.82 Å². The highest BCUT2D eigenvalue weighted by atomic mass is 32.2. The number of nitrogens with zero attached hydrogens (tertiary/aromatic N) is 1. The van der Waals surface area contributed by atoms with Crippen molar-refractivity contribution in [2.75, 3.05) is 11.3 Å². The molecule has 0 bridgehead atoms. The highest BCUT2D eigenvalue weighted by Crippen LogP contribution is 2.29. The molecule has 0 saturated heterocycles. The molecule has 3 N–H and O–H groups in total. The quantitative estimate of drug-likeness (QED) is 0.534. The van der Waals surface area contributed by atoms with Crippen molar-refractivity contribution in [3.63, 3.8) is 0 Å². The molecule has 0 saturated carbocycles. The number of rotatable bonds is 5. The lowest BCUT2D eigenvalue weighted by molar-refractivity contribution is 0.602. The van der Waals surface area contributed by atoms with Crippen LogP contribution < -0.4 is 15.5 Å². The van der Waals surface area contributed by atoms with Crippen LogP contribution in [0, 0.1) is 11.6 Å². The first-order chi connectivity index (χ1) is 14.7. The Labute approximate surface area is 180 Å². The maximum Gasteiger partial charge on any atom is 0.156 e. The van der Waals surface area contributed by atoms with Gasteiger partial charge in [-0.05, 0) is 59.6 Å². The molecule has 0 aromatic heterocycles. The molecule has 156 valence electrons. The molecule has 0 unspecified atom stereocenters. The van der Waals surface area contributed by atoms with Gasteiger partial charge in [-0.2, -0.15) is 5.10 Å². The summed E-state index contributed by atoms with van der Waals surface area (Å²) in [7, 11) is 0. The maximum absolute atomic E-state index is 15.1. The van der Waals surface area contributed by atoms with Crippen molar-refractivity contribution in [1.29, 1.82) is 0 Å². The van der Waals surface area contributed by atoms with Crippen LogP contribution >= 0.6 is 11.9 Å². The van der Waals surface area contributed by atoms with Crippen LogP contribution in [-0.2, 0) is 0 Å². The van der Waals surface area contributed by atoms with Crippen LogP contribution in [0.2, 0.25) is 0 Å². The lowest BCUT2D eigenvalue weighted by Crippen LogP contribution is -2.18. The van der Waals surface area contributed by atoms with Gasteiger partial charge in [0.1, 0.15) is 5.82 Å². The van der Waals surface area contributed by atoms with Crippen LogP contribution in [0.25, 0.3) is 0 Å². The molecule has 30 heavy (non-hydrogen) atoms. The summed E-state index contributed by atoms with van der Waals surface area (Å²) in [5, 5.41) is 7.38. The highest BCUT2D eigenvalue weighted by molar-refractivity contribution is 8.00. The van der Waals surface area contributed by atoms with E-state index in [4.69, 9.17) is 0 Å². The van der Waals surface area contributed by atoms with E-state index in [1.54, 1.807) is 36.4 Å². The van der Waals surface area contributed by atoms with Gasteiger partial charge in [0.05, 0.1) is 16.3 Å². The molecule has 2 aromatic carbocycles. The number of dihydropyridines is 1. The Morgan fingerprint density at radius 2 is 1.90 bits per heavy atom. The zero-order chi connectivity index (χ0) is 21.3. The van der Waals surface area contributed by atoms with E-state index >= 15 is 4.39 Å². The Morgan fingerprint density at radius 3 is 2.67 bits per heavy atom. The lowest BCUT2D eigenvalue weighted by atomic mass is 9.95. The van der Waals surface area contributed by atoms with Crippen molar-refractivity contribution in [1.82, 2.24) is 10.7 Å². The Kier molecular flexibility index (Phi) is 7.68. The first-order valence-electron chi connectivity index (χ1n) is 9.80. The van der Waals surface area contributed by atoms with Crippen LogP contribution in [0.3, 0.4) is 0 Å². The van der Waals surface area contributed by atoms with Crippen LogP contribution in [0.5, 0.6) is 0 Å². The van der Waals surface area contributed by atoms with E-state index in [1.807, 2.05) is 32.3 Å². The van der Waals surface area contributed by atoms with Gasteiger partial charge in [-0.1, -0.05) is 38.1 Å². The SMILES string of the molecule is CC.Fc1ccccc1SNc1cccc(C2=NNC=C(C3=CCNC=C3)C2)c1F.